The first kappa shape index (κ1) is 15.6. The highest BCUT2D eigenvalue weighted by Crippen LogP contribution is 2.06. The van der Waals surface area contributed by atoms with Crippen molar-refractivity contribution in [3.05, 3.63) is 59.4 Å². The summed E-state index contributed by atoms with van der Waals surface area (Å²) in [5.41, 5.74) is 0.687. The van der Waals surface area contributed by atoms with Gasteiger partial charge in [-0.25, -0.2) is 14.4 Å². The molecule has 0 bridgehead atoms. The minimum absolute atomic E-state index is 0.0101. The molecule has 22 heavy (non-hydrogen) atoms. The van der Waals surface area contributed by atoms with Crippen LogP contribution in [0.1, 0.15) is 26.5 Å². The van der Waals surface area contributed by atoms with E-state index in [2.05, 4.69) is 15.3 Å². The number of amides is 2. The average molecular weight is 302 g/mol. The predicted octanol–water partition coefficient (Wildman–Crippen LogP) is 1.25. The molecule has 2 aromatic rings. The second kappa shape index (κ2) is 6.75. The average Bonchev–Trinajstić information content (AvgIpc) is 2.53. The largest absolute Gasteiger partial charge is 0.347 e. The summed E-state index contributed by atoms with van der Waals surface area (Å²) < 4.78 is 12.8. The molecule has 114 valence electrons. The summed E-state index contributed by atoms with van der Waals surface area (Å²) >= 11 is 0. The molecule has 2 amide bonds. The van der Waals surface area contributed by atoms with Crippen LogP contribution in [-0.2, 0) is 6.54 Å². The van der Waals surface area contributed by atoms with Crippen LogP contribution in [0.3, 0.4) is 0 Å². The van der Waals surface area contributed by atoms with Gasteiger partial charge in [0.1, 0.15) is 5.82 Å². The van der Waals surface area contributed by atoms with Crippen LogP contribution >= 0.6 is 0 Å². The van der Waals surface area contributed by atoms with Gasteiger partial charge in [-0.2, -0.15) is 0 Å². The van der Waals surface area contributed by atoms with Gasteiger partial charge in [-0.05, 0) is 17.7 Å². The number of rotatable bonds is 4. The number of hydrogen-bond donors (Lipinski definition) is 1. The molecular formula is C15H15FN4O2. The Morgan fingerprint density at radius 2 is 1.68 bits per heavy atom. The van der Waals surface area contributed by atoms with Gasteiger partial charge in [0, 0.05) is 33.0 Å². The molecule has 6 nitrogen and oxygen atoms in total. The quantitative estimate of drug-likeness (QED) is 0.922. The summed E-state index contributed by atoms with van der Waals surface area (Å²) in [5.74, 6) is -1.26. The summed E-state index contributed by atoms with van der Waals surface area (Å²) in [5, 5.41) is 2.63. The van der Waals surface area contributed by atoms with Gasteiger partial charge in [-0.3, -0.25) is 9.59 Å². The first-order valence-electron chi connectivity index (χ1n) is 6.54. The Kier molecular flexibility index (Phi) is 4.77. The van der Waals surface area contributed by atoms with Gasteiger partial charge in [0.25, 0.3) is 11.8 Å². The number of aromatic nitrogens is 2. The molecule has 0 aliphatic rings. The normalized spacial score (nSPS) is 10.1. The van der Waals surface area contributed by atoms with Crippen molar-refractivity contribution >= 4 is 11.8 Å². The summed E-state index contributed by atoms with van der Waals surface area (Å²) in [6.45, 7) is 0.200. The van der Waals surface area contributed by atoms with Crippen LogP contribution < -0.4 is 5.32 Å². The molecule has 0 atom stereocenters. The molecule has 0 saturated carbocycles. The van der Waals surface area contributed by atoms with Gasteiger partial charge < -0.3 is 10.2 Å². The molecule has 1 heterocycles. The Labute approximate surface area is 127 Å². The molecule has 1 aromatic carbocycles. The number of halogens is 1. The lowest BCUT2D eigenvalue weighted by Gasteiger charge is -2.12. The zero-order valence-corrected chi connectivity index (χ0v) is 12.2. The molecule has 0 aliphatic heterocycles. The molecule has 0 unspecified atom stereocenters. The van der Waals surface area contributed by atoms with Crippen LogP contribution in [0, 0.1) is 5.82 Å². The SMILES string of the molecule is CN(C)C(=O)c1nccnc1C(=O)NCc1ccc(F)cc1. The standard InChI is InChI=1S/C15H15FN4O2/c1-20(2)15(22)13-12(17-7-8-18-13)14(21)19-9-10-3-5-11(16)6-4-10/h3-8H,9H2,1-2H3,(H,19,21). The second-order valence-electron chi connectivity index (χ2n) is 4.76. The van der Waals surface area contributed by atoms with Gasteiger partial charge in [-0.1, -0.05) is 12.1 Å². The summed E-state index contributed by atoms with van der Waals surface area (Å²) in [6.07, 6.45) is 2.70. The second-order valence-corrected chi connectivity index (χ2v) is 4.76. The van der Waals surface area contributed by atoms with E-state index in [-0.39, 0.29) is 23.7 Å². The fourth-order valence-corrected chi connectivity index (χ4v) is 1.74. The minimum atomic E-state index is -0.511. The van der Waals surface area contributed by atoms with Gasteiger partial charge in [-0.15, -0.1) is 0 Å². The highest BCUT2D eigenvalue weighted by atomic mass is 19.1. The highest BCUT2D eigenvalue weighted by Gasteiger charge is 2.21. The van der Waals surface area contributed by atoms with Crippen molar-refractivity contribution in [1.29, 1.82) is 0 Å². The summed E-state index contributed by atoms with van der Waals surface area (Å²) in [6, 6.07) is 5.76. The number of nitrogens with one attached hydrogen (secondary N) is 1. The molecule has 2 rings (SSSR count). The Morgan fingerprint density at radius 1 is 1.09 bits per heavy atom. The van der Waals surface area contributed by atoms with Crippen molar-refractivity contribution < 1.29 is 14.0 Å². The zero-order chi connectivity index (χ0) is 16.1. The number of nitrogens with zero attached hydrogens (tertiary/aromatic N) is 3. The lowest BCUT2D eigenvalue weighted by molar-refractivity contribution is 0.0810. The maximum absolute atomic E-state index is 12.8. The molecule has 0 aliphatic carbocycles. The third-order valence-electron chi connectivity index (χ3n) is 2.89. The van der Waals surface area contributed by atoms with Crippen molar-refractivity contribution in [2.24, 2.45) is 0 Å². The van der Waals surface area contributed by atoms with E-state index in [1.165, 1.54) is 29.4 Å². The van der Waals surface area contributed by atoms with Crippen molar-refractivity contribution in [3.8, 4) is 0 Å². The van der Waals surface area contributed by atoms with Crippen LogP contribution in [0.25, 0.3) is 0 Å². The van der Waals surface area contributed by atoms with E-state index in [9.17, 15) is 14.0 Å². The summed E-state index contributed by atoms with van der Waals surface area (Å²) in [7, 11) is 3.13. The monoisotopic (exact) mass is 302 g/mol. The molecule has 1 aromatic heterocycles. The van der Waals surface area contributed by atoms with E-state index in [4.69, 9.17) is 0 Å². The molecule has 0 saturated heterocycles. The van der Waals surface area contributed by atoms with E-state index in [0.29, 0.717) is 0 Å². The third-order valence-corrected chi connectivity index (χ3v) is 2.89. The highest BCUT2D eigenvalue weighted by molar-refractivity contribution is 6.04. The fourth-order valence-electron chi connectivity index (χ4n) is 1.74. The van der Waals surface area contributed by atoms with E-state index in [1.807, 2.05) is 0 Å². The number of benzene rings is 1. The van der Waals surface area contributed by atoms with Crippen molar-refractivity contribution in [3.63, 3.8) is 0 Å². The van der Waals surface area contributed by atoms with Gasteiger partial charge >= 0.3 is 0 Å². The maximum Gasteiger partial charge on any atom is 0.274 e. The van der Waals surface area contributed by atoms with Gasteiger partial charge in [0.05, 0.1) is 0 Å². The first-order valence-corrected chi connectivity index (χ1v) is 6.54. The molecule has 1 N–H and O–H groups in total. The molecule has 0 spiro atoms. The Morgan fingerprint density at radius 3 is 2.27 bits per heavy atom. The van der Waals surface area contributed by atoms with Crippen LogP contribution in [0.2, 0.25) is 0 Å². The van der Waals surface area contributed by atoms with E-state index >= 15 is 0 Å². The van der Waals surface area contributed by atoms with Gasteiger partial charge in [0.2, 0.25) is 0 Å². The van der Waals surface area contributed by atoms with Crippen molar-refractivity contribution in [1.82, 2.24) is 20.2 Å². The Hall–Kier alpha value is -2.83. The fraction of sp³-hybridized carbons (Fsp3) is 0.200. The number of carbonyl (C=O) groups is 2. The Balaban J connectivity index is 2.13. The molecule has 7 heteroatoms. The van der Waals surface area contributed by atoms with Crippen molar-refractivity contribution in [2.45, 2.75) is 6.54 Å². The minimum Gasteiger partial charge on any atom is -0.347 e. The van der Waals surface area contributed by atoms with E-state index in [0.717, 1.165) is 5.56 Å². The van der Waals surface area contributed by atoms with Crippen molar-refractivity contribution in [2.75, 3.05) is 14.1 Å². The smallest absolute Gasteiger partial charge is 0.274 e. The van der Waals surface area contributed by atoms with Crippen LogP contribution in [-0.4, -0.2) is 40.8 Å². The van der Waals surface area contributed by atoms with Gasteiger partial charge in [0.15, 0.2) is 11.4 Å². The third kappa shape index (κ3) is 3.63. The number of carbonyl (C=O) groups excluding carboxylic acids is 2. The predicted molar refractivity (Wildman–Crippen MR) is 77.6 cm³/mol. The maximum atomic E-state index is 12.8. The van der Waals surface area contributed by atoms with Crippen LogP contribution in [0.15, 0.2) is 36.7 Å². The van der Waals surface area contributed by atoms with Crippen LogP contribution in [0.4, 0.5) is 4.39 Å². The topological polar surface area (TPSA) is 75.2 Å². The lowest BCUT2D eigenvalue weighted by atomic mass is 10.2. The molecule has 0 fully saturated rings. The van der Waals surface area contributed by atoms with Crippen LogP contribution in [0.5, 0.6) is 0 Å². The molecular weight excluding hydrogens is 287 g/mol. The number of hydrogen-bond acceptors (Lipinski definition) is 4. The van der Waals surface area contributed by atoms with E-state index in [1.54, 1.807) is 26.2 Å². The summed E-state index contributed by atoms with van der Waals surface area (Å²) in [4.78, 5) is 33.3. The zero-order valence-electron chi connectivity index (χ0n) is 12.2. The lowest BCUT2D eigenvalue weighted by Crippen LogP contribution is -2.30. The van der Waals surface area contributed by atoms with E-state index < -0.39 is 11.8 Å². The first-order chi connectivity index (χ1) is 10.5. The molecule has 0 radical (unpaired) electrons. The Bertz CT molecular complexity index is 686.